The van der Waals surface area contributed by atoms with Gasteiger partial charge in [-0.05, 0) is 53.8 Å². The number of ether oxygens (including phenoxy) is 1. The number of hydrogen-bond donors (Lipinski definition) is 3. The summed E-state index contributed by atoms with van der Waals surface area (Å²) in [4.78, 5) is 35.4. The third-order valence-corrected chi connectivity index (χ3v) is 4.96. The minimum absolute atomic E-state index is 0.0833. The van der Waals surface area contributed by atoms with Crippen molar-refractivity contribution in [2.45, 2.75) is 46.0 Å². The molecule has 30 heavy (non-hydrogen) atoms. The van der Waals surface area contributed by atoms with Crippen LogP contribution in [0.2, 0.25) is 0 Å². The molecule has 0 saturated heterocycles. The fourth-order valence-corrected chi connectivity index (χ4v) is 2.54. The SMILES string of the molecule is CCC(=O)Nc1ccc(C(=O)NNC(=O)COc2ccc(C(C)(C)CC)cc2)cc1. The van der Waals surface area contributed by atoms with E-state index in [1.54, 1.807) is 31.2 Å². The van der Waals surface area contributed by atoms with Crippen LogP contribution in [0.3, 0.4) is 0 Å². The Labute approximate surface area is 177 Å². The first-order valence-electron chi connectivity index (χ1n) is 9.97. The van der Waals surface area contributed by atoms with Gasteiger partial charge in [0.25, 0.3) is 11.8 Å². The first-order chi connectivity index (χ1) is 14.2. The van der Waals surface area contributed by atoms with Crippen molar-refractivity contribution in [1.82, 2.24) is 10.9 Å². The van der Waals surface area contributed by atoms with Crippen molar-refractivity contribution in [2.24, 2.45) is 0 Å². The van der Waals surface area contributed by atoms with Crippen molar-refractivity contribution in [3.63, 3.8) is 0 Å². The Morgan fingerprint density at radius 1 is 0.867 bits per heavy atom. The Bertz CT molecular complexity index is 874. The molecule has 2 aromatic carbocycles. The second-order valence-corrected chi connectivity index (χ2v) is 7.53. The van der Waals surface area contributed by atoms with Crippen LogP contribution in [-0.2, 0) is 15.0 Å². The Kier molecular flexibility index (Phi) is 7.98. The predicted molar refractivity (Wildman–Crippen MR) is 116 cm³/mol. The second-order valence-electron chi connectivity index (χ2n) is 7.53. The van der Waals surface area contributed by atoms with Crippen LogP contribution in [0.25, 0.3) is 0 Å². The van der Waals surface area contributed by atoms with Gasteiger partial charge in [-0.3, -0.25) is 25.2 Å². The van der Waals surface area contributed by atoms with Gasteiger partial charge in [-0.15, -0.1) is 0 Å². The Morgan fingerprint density at radius 2 is 1.50 bits per heavy atom. The van der Waals surface area contributed by atoms with Crippen molar-refractivity contribution in [1.29, 1.82) is 0 Å². The van der Waals surface area contributed by atoms with Crippen LogP contribution < -0.4 is 20.9 Å². The molecule has 0 fully saturated rings. The quantitative estimate of drug-likeness (QED) is 0.579. The van der Waals surface area contributed by atoms with Crippen LogP contribution in [-0.4, -0.2) is 24.3 Å². The molecule has 0 saturated carbocycles. The fraction of sp³-hybridized carbons (Fsp3) is 0.348. The number of carbonyl (C=O) groups excluding carboxylic acids is 3. The van der Waals surface area contributed by atoms with E-state index in [0.29, 0.717) is 23.4 Å². The van der Waals surface area contributed by atoms with E-state index in [4.69, 9.17) is 4.74 Å². The highest BCUT2D eigenvalue weighted by atomic mass is 16.5. The topological polar surface area (TPSA) is 96.5 Å². The molecular weight excluding hydrogens is 382 g/mol. The van der Waals surface area contributed by atoms with E-state index in [1.165, 1.54) is 5.56 Å². The average molecular weight is 412 g/mol. The number of hydrogen-bond acceptors (Lipinski definition) is 4. The van der Waals surface area contributed by atoms with E-state index in [9.17, 15) is 14.4 Å². The van der Waals surface area contributed by atoms with Gasteiger partial charge in [-0.1, -0.05) is 39.8 Å². The summed E-state index contributed by atoms with van der Waals surface area (Å²) in [6, 6.07) is 14.0. The van der Waals surface area contributed by atoms with E-state index in [1.807, 2.05) is 24.3 Å². The maximum absolute atomic E-state index is 12.1. The molecule has 2 aromatic rings. The highest BCUT2D eigenvalue weighted by Crippen LogP contribution is 2.27. The van der Waals surface area contributed by atoms with Gasteiger partial charge in [0, 0.05) is 17.7 Å². The van der Waals surface area contributed by atoms with Crippen LogP contribution >= 0.6 is 0 Å². The number of amides is 3. The zero-order valence-corrected chi connectivity index (χ0v) is 17.9. The molecule has 0 aromatic heterocycles. The third-order valence-electron chi connectivity index (χ3n) is 4.96. The first kappa shape index (κ1) is 22.9. The zero-order valence-electron chi connectivity index (χ0n) is 17.9. The van der Waals surface area contributed by atoms with E-state index >= 15 is 0 Å². The third kappa shape index (κ3) is 6.62. The number of rotatable bonds is 8. The van der Waals surface area contributed by atoms with E-state index < -0.39 is 11.8 Å². The molecule has 0 spiro atoms. The van der Waals surface area contributed by atoms with Gasteiger partial charge in [0.1, 0.15) is 5.75 Å². The summed E-state index contributed by atoms with van der Waals surface area (Å²) in [6.07, 6.45) is 1.39. The molecule has 0 aliphatic rings. The summed E-state index contributed by atoms with van der Waals surface area (Å²) < 4.78 is 5.47. The summed E-state index contributed by atoms with van der Waals surface area (Å²) in [5.41, 5.74) is 6.89. The molecule has 0 heterocycles. The molecule has 7 nitrogen and oxygen atoms in total. The van der Waals surface area contributed by atoms with Gasteiger partial charge in [0.05, 0.1) is 0 Å². The lowest BCUT2D eigenvalue weighted by Crippen LogP contribution is -2.43. The van der Waals surface area contributed by atoms with Crippen molar-refractivity contribution < 1.29 is 19.1 Å². The van der Waals surface area contributed by atoms with Crippen molar-refractivity contribution in [3.05, 3.63) is 59.7 Å². The highest BCUT2D eigenvalue weighted by Gasteiger charge is 2.17. The largest absolute Gasteiger partial charge is 0.484 e. The lowest BCUT2D eigenvalue weighted by atomic mass is 9.82. The number of carbonyl (C=O) groups is 3. The molecule has 0 aliphatic heterocycles. The van der Waals surface area contributed by atoms with Crippen LogP contribution in [0.4, 0.5) is 5.69 Å². The van der Waals surface area contributed by atoms with Gasteiger partial charge >= 0.3 is 0 Å². The van der Waals surface area contributed by atoms with Crippen LogP contribution in [0, 0.1) is 0 Å². The van der Waals surface area contributed by atoms with Gasteiger partial charge < -0.3 is 10.1 Å². The average Bonchev–Trinajstić information content (AvgIpc) is 2.76. The van der Waals surface area contributed by atoms with Crippen molar-refractivity contribution in [3.8, 4) is 5.75 Å². The highest BCUT2D eigenvalue weighted by molar-refractivity contribution is 5.96. The normalized spacial score (nSPS) is 10.8. The molecular formula is C23H29N3O4. The van der Waals surface area contributed by atoms with Crippen LogP contribution in [0.5, 0.6) is 5.75 Å². The standard InChI is InChI=1S/C23H29N3O4/c1-5-20(27)24-18-11-7-16(8-12-18)22(29)26-25-21(28)15-30-19-13-9-17(10-14-19)23(3,4)6-2/h7-14H,5-6,15H2,1-4H3,(H,24,27)(H,25,28)(H,26,29). The smallest absolute Gasteiger partial charge is 0.276 e. The first-order valence-corrected chi connectivity index (χ1v) is 9.97. The van der Waals surface area contributed by atoms with Crippen molar-refractivity contribution in [2.75, 3.05) is 11.9 Å². The number of nitrogens with one attached hydrogen (secondary N) is 3. The minimum Gasteiger partial charge on any atom is -0.484 e. The van der Waals surface area contributed by atoms with E-state index in [-0.39, 0.29) is 17.9 Å². The summed E-state index contributed by atoms with van der Waals surface area (Å²) >= 11 is 0. The van der Waals surface area contributed by atoms with Gasteiger partial charge in [-0.2, -0.15) is 0 Å². The number of hydrazine groups is 1. The molecule has 0 atom stereocenters. The Balaban J connectivity index is 1.79. The molecule has 2 rings (SSSR count). The molecule has 0 unspecified atom stereocenters. The van der Waals surface area contributed by atoms with Crippen LogP contribution in [0.1, 0.15) is 56.5 Å². The molecule has 0 bridgehead atoms. The second kappa shape index (κ2) is 10.4. The fourth-order valence-electron chi connectivity index (χ4n) is 2.54. The molecule has 0 aliphatic carbocycles. The molecule has 0 radical (unpaired) electrons. The molecule has 7 heteroatoms. The van der Waals surface area contributed by atoms with Gasteiger partial charge in [-0.25, -0.2) is 0 Å². The number of anilines is 1. The van der Waals surface area contributed by atoms with Gasteiger partial charge in [0.15, 0.2) is 6.61 Å². The molecule has 3 N–H and O–H groups in total. The Hall–Kier alpha value is -3.35. The lowest BCUT2D eigenvalue weighted by Gasteiger charge is -2.23. The van der Waals surface area contributed by atoms with Crippen molar-refractivity contribution >= 4 is 23.4 Å². The summed E-state index contributed by atoms with van der Waals surface area (Å²) in [6.45, 7) is 8.02. The summed E-state index contributed by atoms with van der Waals surface area (Å²) in [7, 11) is 0. The maximum Gasteiger partial charge on any atom is 0.276 e. The summed E-state index contributed by atoms with van der Waals surface area (Å²) in [5.74, 6) is -0.476. The lowest BCUT2D eigenvalue weighted by molar-refractivity contribution is -0.123. The molecule has 3 amide bonds. The maximum atomic E-state index is 12.1. The zero-order chi connectivity index (χ0) is 22.1. The number of benzene rings is 2. The van der Waals surface area contributed by atoms with E-state index in [0.717, 1.165) is 6.42 Å². The summed E-state index contributed by atoms with van der Waals surface area (Å²) in [5, 5.41) is 2.70. The van der Waals surface area contributed by atoms with E-state index in [2.05, 4.69) is 36.9 Å². The predicted octanol–water partition coefficient (Wildman–Crippen LogP) is 3.56. The monoisotopic (exact) mass is 411 g/mol. The molecule has 160 valence electrons. The van der Waals surface area contributed by atoms with Gasteiger partial charge in [0.2, 0.25) is 5.91 Å². The Morgan fingerprint density at radius 3 is 2.07 bits per heavy atom. The minimum atomic E-state index is -0.479. The van der Waals surface area contributed by atoms with Crippen LogP contribution in [0.15, 0.2) is 48.5 Å².